The summed E-state index contributed by atoms with van der Waals surface area (Å²) >= 11 is 5.26. The molecule has 1 atom stereocenters. The van der Waals surface area contributed by atoms with Crippen LogP contribution in [-0.4, -0.2) is 42.9 Å². The third-order valence-electron chi connectivity index (χ3n) is 2.79. The summed E-state index contributed by atoms with van der Waals surface area (Å²) < 4.78 is 11.5. The van der Waals surface area contributed by atoms with E-state index in [0.29, 0.717) is 24.8 Å². The van der Waals surface area contributed by atoms with Gasteiger partial charge in [-0.15, -0.1) is 6.58 Å². The van der Waals surface area contributed by atoms with Crippen molar-refractivity contribution in [3.8, 4) is 11.5 Å². The van der Waals surface area contributed by atoms with E-state index >= 15 is 0 Å². The molecule has 19 heavy (non-hydrogen) atoms. The lowest BCUT2D eigenvalue weighted by Gasteiger charge is -2.30. The van der Waals surface area contributed by atoms with Crippen molar-refractivity contribution in [2.75, 3.05) is 26.7 Å². The number of hydrogen-bond donors (Lipinski definition) is 1. The Morgan fingerprint density at radius 1 is 1.53 bits per heavy atom. The van der Waals surface area contributed by atoms with Crippen LogP contribution in [0.2, 0.25) is 0 Å². The van der Waals surface area contributed by atoms with Crippen molar-refractivity contribution in [2.24, 2.45) is 0 Å². The number of rotatable bonds is 4. The van der Waals surface area contributed by atoms with E-state index in [0.717, 1.165) is 11.5 Å². The van der Waals surface area contributed by atoms with Crippen molar-refractivity contribution in [3.05, 3.63) is 36.9 Å². The number of thiocarbonyl (C=S) groups is 1. The molecule has 0 saturated heterocycles. The summed E-state index contributed by atoms with van der Waals surface area (Å²) in [5.74, 6) is 1.59. The molecule has 1 aliphatic heterocycles. The normalized spacial score (nSPS) is 16.6. The molecule has 4 nitrogen and oxygen atoms in total. The summed E-state index contributed by atoms with van der Waals surface area (Å²) in [6.45, 7) is 5.52. The molecular weight excluding hydrogens is 260 g/mol. The first-order chi connectivity index (χ1) is 9.20. The van der Waals surface area contributed by atoms with Gasteiger partial charge in [0.1, 0.15) is 6.61 Å². The lowest BCUT2D eigenvalue weighted by molar-refractivity contribution is 0.0779. The summed E-state index contributed by atoms with van der Waals surface area (Å²) in [6.07, 6.45) is 1.75. The molecule has 1 N–H and O–H groups in total. The van der Waals surface area contributed by atoms with Gasteiger partial charge in [0.2, 0.25) is 0 Å². The average Bonchev–Trinajstić information content (AvgIpc) is 2.44. The molecule has 102 valence electrons. The molecule has 0 radical (unpaired) electrons. The molecule has 0 saturated carbocycles. The van der Waals surface area contributed by atoms with Crippen LogP contribution in [0.3, 0.4) is 0 Å². The van der Waals surface area contributed by atoms with Gasteiger partial charge in [0.15, 0.2) is 22.7 Å². The van der Waals surface area contributed by atoms with Crippen LogP contribution in [0.1, 0.15) is 0 Å². The van der Waals surface area contributed by atoms with Gasteiger partial charge in [-0.05, 0) is 24.4 Å². The van der Waals surface area contributed by atoms with Crippen LogP contribution < -0.4 is 14.8 Å². The highest BCUT2D eigenvalue weighted by atomic mass is 32.1. The van der Waals surface area contributed by atoms with Crippen LogP contribution in [-0.2, 0) is 0 Å². The second-order valence-corrected chi connectivity index (χ2v) is 4.74. The van der Waals surface area contributed by atoms with Gasteiger partial charge in [-0.2, -0.15) is 0 Å². The van der Waals surface area contributed by atoms with E-state index in [2.05, 4.69) is 11.9 Å². The van der Waals surface area contributed by atoms with Crippen LogP contribution in [0, 0.1) is 0 Å². The molecule has 1 heterocycles. The van der Waals surface area contributed by atoms with E-state index in [-0.39, 0.29) is 6.10 Å². The molecule has 2 rings (SSSR count). The van der Waals surface area contributed by atoms with E-state index in [1.54, 1.807) is 6.08 Å². The van der Waals surface area contributed by atoms with Crippen molar-refractivity contribution < 1.29 is 9.47 Å². The molecule has 0 amide bonds. The molecule has 1 aromatic carbocycles. The van der Waals surface area contributed by atoms with Crippen molar-refractivity contribution in [1.82, 2.24) is 10.2 Å². The second-order valence-electron chi connectivity index (χ2n) is 4.35. The maximum Gasteiger partial charge on any atom is 0.169 e. The molecule has 1 aliphatic rings. The minimum absolute atomic E-state index is 0.0246. The Balaban J connectivity index is 1.88. The lowest BCUT2D eigenvalue weighted by atomic mass is 10.2. The van der Waals surface area contributed by atoms with Gasteiger partial charge in [-0.1, -0.05) is 18.2 Å². The monoisotopic (exact) mass is 278 g/mol. The van der Waals surface area contributed by atoms with Crippen LogP contribution in [0.15, 0.2) is 36.9 Å². The Labute approximate surface area is 119 Å². The van der Waals surface area contributed by atoms with E-state index in [4.69, 9.17) is 21.7 Å². The topological polar surface area (TPSA) is 33.7 Å². The molecule has 1 aromatic rings. The Morgan fingerprint density at radius 2 is 2.26 bits per heavy atom. The number of likely N-dealkylation sites (N-methyl/N-ethyl adjacent to an activating group) is 1. The highest BCUT2D eigenvalue weighted by Crippen LogP contribution is 2.30. The maximum absolute atomic E-state index is 5.88. The summed E-state index contributed by atoms with van der Waals surface area (Å²) in [4.78, 5) is 1.95. The van der Waals surface area contributed by atoms with Gasteiger partial charge < -0.3 is 19.7 Å². The Kier molecular flexibility index (Phi) is 4.63. The minimum atomic E-state index is -0.0246. The summed E-state index contributed by atoms with van der Waals surface area (Å²) in [5, 5.41) is 3.77. The highest BCUT2D eigenvalue weighted by molar-refractivity contribution is 7.80. The van der Waals surface area contributed by atoms with Crippen LogP contribution >= 0.6 is 12.2 Å². The van der Waals surface area contributed by atoms with Gasteiger partial charge in [-0.3, -0.25) is 0 Å². The van der Waals surface area contributed by atoms with E-state index in [1.165, 1.54) is 0 Å². The minimum Gasteiger partial charge on any atom is -0.486 e. The standard InChI is InChI=1S/C14H18N2O2S/c1-3-8-15-14(19)16(2)9-11-10-17-12-6-4-5-7-13(12)18-11/h3-7,11H,1,8-10H2,2H3,(H,15,19)/t11-/m0/s1. The first-order valence-corrected chi connectivity index (χ1v) is 6.60. The van der Waals surface area contributed by atoms with Crippen LogP contribution in [0.4, 0.5) is 0 Å². The van der Waals surface area contributed by atoms with Crippen molar-refractivity contribution in [3.63, 3.8) is 0 Å². The lowest BCUT2D eigenvalue weighted by Crippen LogP contribution is -2.45. The molecule has 0 unspecified atom stereocenters. The molecule has 0 spiro atoms. The number of para-hydroxylation sites is 2. The summed E-state index contributed by atoms with van der Waals surface area (Å²) in [7, 11) is 1.93. The first-order valence-electron chi connectivity index (χ1n) is 6.19. The fourth-order valence-electron chi connectivity index (χ4n) is 1.84. The zero-order valence-electron chi connectivity index (χ0n) is 11.0. The predicted molar refractivity (Wildman–Crippen MR) is 79.8 cm³/mol. The van der Waals surface area contributed by atoms with Crippen molar-refractivity contribution in [1.29, 1.82) is 0 Å². The van der Waals surface area contributed by atoms with E-state index < -0.39 is 0 Å². The number of hydrogen-bond acceptors (Lipinski definition) is 3. The molecule has 0 bridgehead atoms. The highest BCUT2D eigenvalue weighted by Gasteiger charge is 2.22. The number of nitrogens with one attached hydrogen (secondary N) is 1. The molecular formula is C14H18N2O2S. The SMILES string of the molecule is C=CCNC(=S)N(C)C[C@H]1COc2ccccc2O1. The molecule has 0 aliphatic carbocycles. The third-order valence-corrected chi connectivity index (χ3v) is 3.25. The summed E-state index contributed by atoms with van der Waals surface area (Å²) in [5.41, 5.74) is 0. The van der Waals surface area contributed by atoms with Gasteiger partial charge >= 0.3 is 0 Å². The second kappa shape index (κ2) is 6.43. The van der Waals surface area contributed by atoms with Gasteiger partial charge in [0.05, 0.1) is 6.54 Å². The Hall–Kier alpha value is -1.75. The van der Waals surface area contributed by atoms with Crippen molar-refractivity contribution >= 4 is 17.3 Å². The molecule has 0 aromatic heterocycles. The number of nitrogens with zero attached hydrogens (tertiary/aromatic N) is 1. The first kappa shape index (κ1) is 13.7. The van der Waals surface area contributed by atoms with Gasteiger partial charge in [-0.25, -0.2) is 0 Å². The van der Waals surface area contributed by atoms with Crippen molar-refractivity contribution in [2.45, 2.75) is 6.10 Å². The number of fused-ring (bicyclic) bond motifs is 1. The van der Waals surface area contributed by atoms with E-state index in [9.17, 15) is 0 Å². The van der Waals surface area contributed by atoms with Gasteiger partial charge in [0, 0.05) is 13.6 Å². The van der Waals surface area contributed by atoms with Gasteiger partial charge in [0.25, 0.3) is 0 Å². The molecule has 5 heteroatoms. The third kappa shape index (κ3) is 3.61. The quantitative estimate of drug-likeness (QED) is 0.671. The Morgan fingerprint density at radius 3 is 3.00 bits per heavy atom. The largest absolute Gasteiger partial charge is 0.486 e. The number of ether oxygens (including phenoxy) is 2. The Bertz CT molecular complexity index is 465. The smallest absolute Gasteiger partial charge is 0.169 e. The zero-order valence-corrected chi connectivity index (χ0v) is 11.8. The maximum atomic E-state index is 5.88. The molecule has 0 fully saturated rings. The average molecular weight is 278 g/mol. The zero-order chi connectivity index (χ0) is 13.7. The predicted octanol–water partition coefficient (Wildman–Crippen LogP) is 1.82. The van der Waals surface area contributed by atoms with Crippen LogP contribution in [0.25, 0.3) is 0 Å². The van der Waals surface area contributed by atoms with Crippen LogP contribution in [0.5, 0.6) is 11.5 Å². The fraction of sp³-hybridized carbons (Fsp3) is 0.357. The fourth-order valence-corrected chi connectivity index (χ4v) is 1.99. The number of benzene rings is 1. The summed E-state index contributed by atoms with van der Waals surface area (Å²) in [6, 6.07) is 7.69. The van der Waals surface area contributed by atoms with E-state index in [1.807, 2.05) is 36.2 Å².